The van der Waals surface area contributed by atoms with Crippen LogP contribution in [0, 0.1) is 0 Å². The van der Waals surface area contributed by atoms with Gasteiger partial charge in [-0.3, -0.25) is 0 Å². The van der Waals surface area contributed by atoms with E-state index in [2.05, 4.69) is 0 Å². The maximum atomic E-state index is 5.60. The summed E-state index contributed by atoms with van der Waals surface area (Å²) in [7, 11) is -1.48. The normalized spacial score (nSPS) is 12.8. The van der Waals surface area contributed by atoms with Crippen LogP contribution in [0.25, 0.3) is 0 Å². The Morgan fingerprint density at radius 1 is 1.50 bits per heavy atom. The van der Waals surface area contributed by atoms with Crippen LogP contribution in [0.15, 0.2) is 0 Å². The number of nitrogens with two attached hydrogens (primary N) is 1. The molecule has 0 amide bonds. The first-order valence-corrected chi connectivity index (χ1v) is 6.79. The molecule has 0 unspecified atom stereocenters. The lowest BCUT2D eigenvalue weighted by atomic mass is 10.1. The fourth-order valence-corrected chi connectivity index (χ4v) is 3.58. The van der Waals surface area contributed by atoms with Crippen molar-refractivity contribution in [3.63, 3.8) is 0 Å². The second-order valence-corrected chi connectivity index (χ2v) is 7.61. The van der Waals surface area contributed by atoms with Crippen LogP contribution in [0.1, 0.15) is 13.8 Å². The summed E-state index contributed by atoms with van der Waals surface area (Å²) < 4.78 is 0. The highest BCUT2D eigenvalue weighted by Crippen LogP contribution is 2.13. The van der Waals surface area contributed by atoms with E-state index in [0.717, 1.165) is 6.04 Å². The van der Waals surface area contributed by atoms with Crippen LogP contribution in [0.2, 0.25) is 6.04 Å². The first-order valence-electron chi connectivity index (χ1n) is 2.49. The SMILES string of the molecule is CC(C)(N)C[SiH](Cl)Cl. The predicted octanol–water partition coefficient (Wildman–Crippen LogP) is 1.42. The van der Waals surface area contributed by atoms with Crippen LogP contribution in [-0.2, 0) is 0 Å². The van der Waals surface area contributed by atoms with E-state index in [9.17, 15) is 0 Å². The Hall–Kier alpha value is 0.757. The molecule has 50 valence electrons. The van der Waals surface area contributed by atoms with E-state index in [1.54, 1.807) is 0 Å². The van der Waals surface area contributed by atoms with Crippen molar-refractivity contribution in [3.05, 3.63) is 0 Å². The smallest absolute Gasteiger partial charge is 0.238 e. The Bertz CT molecular complexity index is 68.9. The second-order valence-electron chi connectivity index (χ2n) is 2.58. The van der Waals surface area contributed by atoms with Crippen LogP contribution in [0.5, 0.6) is 0 Å². The van der Waals surface area contributed by atoms with Gasteiger partial charge in [0.1, 0.15) is 0 Å². The van der Waals surface area contributed by atoms with Crippen molar-refractivity contribution in [2.45, 2.75) is 25.4 Å². The molecular weight excluding hydrogens is 161 g/mol. The third kappa shape index (κ3) is 6.76. The second kappa shape index (κ2) is 3.06. The first kappa shape index (κ1) is 8.76. The molecule has 1 nitrogen and oxygen atoms in total. The van der Waals surface area contributed by atoms with Crippen LogP contribution in [0.3, 0.4) is 0 Å². The fraction of sp³-hybridized carbons (Fsp3) is 1.00. The highest BCUT2D eigenvalue weighted by molar-refractivity contribution is 7.33. The van der Waals surface area contributed by atoms with Gasteiger partial charge in [0.2, 0.25) is 7.42 Å². The van der Waals surface area contributed by atoms with Crippen molar-refractivity contribution in [1.82, 2.24) is 0 Å². The Kier molecular flexibility index (Phi) is 3.35. The molecule has 0 fully saturated rings. The summed E-state index contributed by atoms with van der Waals surface area (Å²) >= 11 is 11.2. The van der Waals surface area contributed by atoms with Crippen LogP contribution >= 0.6 is 22.2 Å². The van der Waals surface area contributed by atoms with E-state index in [0.29, 0.717) is 0 Å². The molecule has 0 aromatic carbocycles. The summed E-state index contributed by atoms with van der Waals surface area (Å²) in [5.74, 6) is 0. The van der Waals surface area contributed by atoms with Crippen LogP contribution < -0.4 is 5.73 Å². The molecule has 0 heterocycles. The molecule has 0 bridgehead atoms. The van der Waals surface area contributed by atoms with E-state index >= 15 is 0 Å². The molecule has 0 saturated carbocycles. The zero-order valence-electron chi connectivity index (χ0n) is 5.12. The lowest BCUT2D eigenvalue weighted by Crippen LogP contribution is -2.33. The quantitative estimate of drug-likeness (QED) is 0.494. The maximum absolute atomic E-state index is 5.60. The van der Waals surface area contributed by atoms with Crippen molar-refractivity contribution in [1.29, 1.82) is 0 Å². The monoisotopic (exact) mass is 171 g/mol. The lowest BCUT2D eigenvalue weighted by molar-refractivity contribution is 0.578. The predicted molar refractivity (Wildman–Crippen MR) is 41.9 cm³/mol. The Balaban J connectivity index is 3.39. The van der Waals surface area contributed by atoms with Gasteiger partial charge >= 0.3 is 0 Å². The zero-order valence-corrected chi connectivity index (χ0v) is 7.78. The van der Waals surface area contributed by atoms with Crippen LogP contribution in [0.4, 0.5) is 0 Å². The van der Waals surface area contributed by atoms with Gasteiger partial charge in [0.15, 0.2) is 0 Å². The van der Waals surface area contributed by atoms with Gasteiger partial charge in [-0.15, -0.1) is 0 Å². The van der Waals surface area contributed by atoms with Gasteiger partial charge < -0.3 is 5.73 Å². The summed E-state index contributed by atoms with van der Waals surface area (Å²) in [5, 5.41) is 0. The number of hydrogen-bond donors (Lipinski definition) is 1. The Morgan fingerprint density at radius 3 is 1.88 bits per heavy atom. The van der Waals surface area contributed by atoms with Crippen molar-refractivity contribution >= 4 is 29.6 Å². The molecule has 4 heteroatoms. The largest absolute Gasteiger partial charge is 0.326 e. The van der Waals surface area contributed by atoms with E-state index in [1.165, 1.54) is 0 Å². The van der Waals surface area contributed by atoms with Gasteiger partial charge in [-0.1, -0.05) is 0 Å². The Labute approximate surface area is 61.2 Å². The third-order valence-electron chi connectivity index (χ3n) is 0.680. The van der Waals surface area contributed by atoms with E-state index in [-0.39, 0.29) is 5.54 Å². The molecule has 0 aliphatic carbocycles. The standard InChI is InChI=1S/C4H11Cl2NSi/c1-4(2,7)3-8(5)6/h8H,3,7H2,1-2H3. The molecule has 8 heavy (non-hydrogen) atoms. The molecular formula is C4H11Cl2NSi. The van der Waals surface area contributed by atoms with Gasteiger partial charge in [0.25, 0.3) is 0 Å². The van der Waals surface area contributed by atoms with Crippen molar-refractivity contribution < 1.29 is 0 Å². The molecule has 0 aromatic rings. The summed E-state index contributed by atoms with van der Waals surface area (Å²) in [6.45, 7) is 3.86. The molecule has 0 spiro atoms. The number of rotatable bonds is 2. The molecule has 0 aliphatic rings. The summed E-state index contributed by atoms with van der Waals surface area (Å²) in [6, 6.07) is 0.774. The highest BCUT2D eigenvalue weighted by atomic mass is 35.7. The third-order valence-corrected chi connectivity index (χ3v) is 2.97. The topological polar surface area (TPSA) is 26.0 Å². The summed E-state index contributed by atoms with van der Waals surface area (Å²) in [5.41, 5.74) is 5.42. The Morgan fingerprint density at radius 2 is 1.88 bits per heavy atom. The number of hydrogen-bond acceptors (Lipinski definition) is 1. The summed E-state index contributed by atoms with van der Waals surface area (Å²) in [6.07, 6.45) is 0. The summed E-state index contributed by atoms with van der Waals surface area (Å²) in [4.78, 5) is 0. The average molecular weight is 172 g/mol. The van der Waals surface area contributed by atoms with Gasteiger partial charge in [-0.2, -0.15) is 22.2 Å². The molecule has 0 radical (unpaired) electrons. The molecule has 0 atom stereocenters. The van der Waals surface area contributed by atoms with Crippen LogP contribution in [-0.4, -0.2) is 13.0 Å². The average Bonchev–Trinajstić information content (AvgIpc) is 1.21. The van der Waals surface area contributed by atoms with Crippen molar-refractivity contribution in [2.24, 2.45) is 5.73 Å². The number of halogens is 2. The molecule has 2 N–H and O–H groups in total. The molecule has 0 aromatic heterocycles. The first-order chi connectivity index (χ1) is 3.42. The van der Waals surface area contributed by atoms with Gasteiger partial charge in [0.05, 0.1) is 0 Å². The van der Waals surface area contributed by atoms with Gasteiger partial charge in [0, 0.05) is 5.54 Å². The van der Waals surface area contributed by atoms with E-state index in [4.69, 9.17) is 27.9 Å². The highest BCUT2D eigenvalue weighted by Gasteiger charge is 2.15. The van der Waals surface area contributed by atoms with Crippen molar-refractivity contribution in [3.8, 4) is 0 Å². The molecule has 0 aliphatic heterocycles. The maximum Gasteiger partial charge on any atom is 0.238 e. The minimum absolute atomic E-state index is 0.180. The molecule has 0 saturated heterocycles. The lowest BCUT2D eigenvalue weighted by Gasteiger charge is -2.17. The van der Waals surface area contributed by atoms with Gasteiger partial charge in [-0.25, -0.2) is 0 Å². The minimum Gasteiger partial charge on any atom is -0.326 e. The van der Waals surface area contributed by atoms with E-state index in [1.807, 2.05) is 13.8 Å². The van der Waals surface area contributed by atoms with E-state index < -0.39 is 7.42 Å². The fourth-order valence-electron chi connectivity index (χ4n) is 0.398. The van der Waals surface area contributed by atoms with Gasteiger partial charge in [-0.05, 0) is 19.9 Å². The minimum atomic E-state index is -1.48. The van der Waals surface area contributed by atoms with Crippen molar-refractivity contribution in [2.75, 3.05) is 0 Å². The zero-order chi connectivity index (χ0) is 6.78. The molecule has 0 rings (SSSR count).